The molecule has 2 saturated heterocycles. The van der Waals surface area contributed by atoms with Crippen LogP contribution in [-0.4, -0.2) is 56.0 Å². The zero-order chi connectivity index (χ0) is 25.4. The molecule has 36 heavy (non-hydrogen) atoms. The Balaban J connectivity index is 1.43. The molecular weight excluding hydrogens is 518 g/mol. The number of hydrogen-bond donors (Lipinski definition) is 0. The Hall–Kier alpha value is -2.04. The first-order valence-electron chi connectivity index (χ1n) is 12.3. The summed E-state index contributed by atoms with van der Waals surface area (Å²) in [6.07, 6.45) is 3.09. The predicted octanol–water partition coefficient (Wildman–Crippen LogP) is 5.18. The molecule has 1 aromatic heterocycles. The first-order valence-corrected chi connectivity index (χ1v) is 14.9. The highest BCUT2D eigenvalue weighted by atomic mass is 35.5. The number of hydrogen-bond acceptors (Lipinski definition) is 6. The van der Waals surface area contributed by atoms with Gasteiger partial charge in [0.05, 0.1) is 33.7 Å². The lowest BCUT2D eigenvalue weighted by Crippen LogP contribution is -2.48. The fourth-order valence-corrected chi connectivity index (χ4v) is 7.75. The number of carbonyl (C=O) groups excluding carboxylic acids is 1. The molecule has 10 heteroatoms. The summed E-state index contributed by atoms with van der Waals surface area (Å²) in [7, 11) is -3.72. The normalized spacial score (nSPS) is 21.2. The average Bonchev–Trinajstić information content (AvgIpc) is 3.52. The van der Waals surface area contributed by atoms with Crippen LogP contribution in [0.4, 0.5) is 5.13 Å². The fourth-order valence-electron chi connectivity index (χ4n) is 5.07. The summed E-state index contributed by atoms with van der Waals surface area (Å²) in [5.74, 6) is -0.535. The highest BCUT2D eigenvalue weighted by Crippen LogP contribution is 2.35. The molecule has 0 bridgehead atoms. The van der Waals surface area contributed by atoms with Gasteiger partial charge in [-0.15, -0.1) is 0 Å². The number of fused-ring (bicyclic) bond motifs is 1. The molecule has 7 nitrogen and oxygen atoms in total. The van der Waals surface area contributed by atoms with Crippen molar-refractivity contribution >= 4 is 54.2 Å². The lowest BCUT2D eigenvalue weighted by molar-refractivity contribution is -0.123. The van der Waals surface area contributed by atoms with E-state index in [-0.39, 0.29) is 23.5 Å². The van der Waals surface area contributed by atoms with E-state index in [2.05, 4.69) is 13.0 Å². The zero-order valence-corrected chi connectivity index (χ0v) is 22.8. The third kappa shape index (κ3) is 5.17. The van der Waals surface area contributed by atoms with Gasteiger partial charge in [-0.1, -0.05) is 29.0 Å². The maximum absolute atomic E-state index is 14.0. The van der Waals surface area contributed by atoms with Gasteiger partial charge in [-0.05, 0) is 81.0 Å². The third-order valence-corrected chi connectivity index (χ3v) is 10.3. The van der Waals surface area contributed by atoms with E-state index in [1.54, 1.807) is 17.0 Å². The number of aromatic nitrogens is 1. The van der Waals surface area contributed by atoms with Crippen LogP contribution in [-0.2, 0) is 19.6 Å². The van der Waals surface area contributed by atoms with Crippen LogP contribution in [0.2, 0.25) is 5.02 Å². The smallest absolute Gasteiger partial charge is 0.243 e. The second kappa shape index (κ2) is 10.4. The van der Waals surface area contributed by atoms with Gasteiger partial charge < -0.3 is 4.74 Å². The van der Waals surface area contributed by atoms with E-state index in [4.69, 9.17) is 21.3 Å². The highest BCUT2D eigenvalue weighted by molar-refractivity contribution is 7.89. The van der Waals surface area contributed by atoms with Crippen LogP contribution in [0.15, 0.2) is 41.3 Å². The molecule has 0 radical (unpaired) electrons. The van der Waals surface area contributed by atoms with Crippen LogP contribution < -0.4 is 4.90 Å². The molecule has 3 heterocycles. The lowest BCUT2D eigenvalue weighted by atomic mass is 9.98. The van der Waals surface area contributed by atoms with Crippen LogP contribution >= 0.6 is 22.9 Å². The number of nitrogens with zero attached hydrogens (tertiary/aromatic N) is 3. The zero-order valence-electron chi connectivity index (χ0n) is 20.4. The average molecular weight is 548 g/mol. The first-order chi connectivity index (χ1) is 17.2. The summed E-state index contributed by atoms with van der Waals surface area (Å²) in [5, 5.41) is 1.13. The molecule has 2 aliphatic heterocycles. The predicted molar refractivity (Wildman–Crippen MR) is 143 cm³/mol. The molecule has 0 saturated carbocycles. The van der Waals surface area contributed by atoms with E-state index < -0.39 is 15.9 Å². The summed E-state index contributed by atoms with van der Waals surface area (Å²) < 4.78 is 35.0. The van der Waals surface area contributed by atoms with Gasteiger partial charge in [-0.3, -0.25) is 9.69 Å². The number of anilines is 1. The van der Waals surface area contributed by atoms with Crippen molar-refractivity contribution in [3.05, 3.63) is 52.5 Å². The van der Waals surface area contributed by atoms with Crippen LogP contribution in [0.1, 0.15) is 36.8 Å². The fraction of sp³-hybridized carbons (Fsp3) is 0.462. The van der Waals surface area contributed by atoms with Crippen molar-refractivity contribution < 1.29 is 17.9 Å². The van der Waals surface area contributed by atoms with Crippen molar-refractivity contribution in [1.29, 1.82) is 0 Å². The molecule has 2 atom stereocenters. The molecule has 2 fully saturated rings. The van der Waals surface area contributed by atoms with E-state index in [0.717, 1.165) is 34.2 Å². The molecule has 192 valence electrons. The number of piperidine rings is 1. The van der Waals surface area contributed by atoms with E-state index >= 15 is 0 Å². The number of aryl methyl sites for hydroxylation is 2. The Labute approximate surface area is 221 Å². The maximum atomic E-state index is 14.0. The largest absolute Gasteiger partial charge is 0.376 e. The molecule has 2 aromatic carbocycles. The molecule has 0 aliphatic carbocycles. The van der Waals surface area contributed by atoms with Crippen LogP contribution in [0.25, 0.3) is 10.2 Å². The van der Waals surface area contributed by atoms with Gasteiger partial charge in [0.25, 0.3) is 0 Å². The Morgan fingerprint density at radius 2 is 1.97 bits per heavy atom. The number of rotatable bonds is 6. The summed E-state index contributed by atoms with van der Waals surface area (Å²) in [4.78, 5) is 20.7. The molecule has 5 rings (SSSR count). The van der Waals surface area contributed by atoms with Crippen LogP contribution in [0.3, 0.4) is 0 Å². The second-order valence-corrected chi connectivity index (χ2v) is 13.0. The number of benzene rings is 2. The van der Waals surface area contributed by atoms with Gasteiger partial charge in [0.1, 0.15) is 0 Å². The number of thiazole rings is 1. The van der Waals surface area contributed by atoms with Gasteiger partial charge in [0.15, 0.2) is 5.13 Å². The van der Waals surface area contributed by atoms with Gasteiger partial charge in [0.2, 0.25) is 15.9 Å². The van der Waals surface area contributed by atoms with Crippen molar-refractivity contribution in [3.63, 3.8) is 0 Å². The van der Waals surface area contributed by atoms with E-state index in [1.165, 1.54) is 27.8 Å². The molecule has 3 aromatic rings. The SMILES string of the molecule is Cc1cc(C)c2sc(N(CC3CCCO3)C(=O)C3CCCN(S(=O)(=O)c4ccc(Cl)cc4)C3)nc2c1. The van der Waals surface area contributed by atoms with E-state index in [9.17, 15) is 13.2 Å². The summed E-state index contributed by atoms with van der Waals surface area (Å²) in [6.45, 7) is 5.76. The molecule has 2 unspecified atom stereocenters. The van der Waals surface area contributed by atoms with Crippen molar-refractivity contribution in [2.75, 3.05) is 31.1 Å². The molecule has 0 spiro atoms. The molecule has 2 aliphatic rings. The van der Waals surface area contributed by atoms with Crippen LogP contribution in [0, 0.1) is 19.8 Å². The Bertz CT molecular complexity index is 1370. The second-order valence-electron chi connectivity index (χ2n) is 9.67. The molecule has 0 N–H and O–H groups in total. The minimum Gasteiger partial charge on any atom is -0.376 e. The van der Waals surface area contributed by atoms with Gasteiger partial charge in [-0.25, -0.2) is 13.4 Å². The summed E-state index contributed by atoms with van der Waals surface area (Å²) in [5.41, 5.74) is 3.15. The van der Waals surface area contributed by atoms with Crippen molar-refractivity contribution in [2.45, 2.75) is 50.5 Å². The van der Waals surface area contributed by atoms with Gasteiger partial charge >= 0.3 is 0 Å². The standard InChI is InChI=1S/C26H30ClN3O4S2/c1-17-13-18(2)24-23(14-17)28-26(35-24)30(16-21-6-4-12-34-21)25(31)19-5-3-11-29(15-19)36(32,33)22-9-7-20(27)8-10-22/h7-10,13-14,19,21H,3-6,11-12,15-16H2,1-2H3. The third-order valence-electron chi connectivity index (χ3n) is 6.90. The highest BCUT2D eigenvalue weighted by Gasteiger charge is 2.37. The van der Waals surface area contributed by atoms with E-state index in [1.807, 2.05) is 13.0 Å². The quantitative estimate of drug-likeness (QED) is 0.425. The summed E-state index contributed by atoms with van der Waals surface area (Å²) in [6, 6.07) is 10.3. The number of ether oxygens (including phenoxy) is 1. The lowest BCUT2D eigenvalue weighted by Gasteiger charge is -2.34. The Morgan fingerprint density at radius 3 is 2.69 bits per heavy atom. The monoisotopic (exact) mass is 547 g/mol. The van der Waals surface area contributed by atoms with Gasteiger partial charge in [0, 0.05) is 24.7 Å². The maximum Gasteiger partial charge on any atom is 0.243 e. The van der Waals surface area contributed by atoms with Crippen molar-refractivity contribution in [3.8, 4) is 0 Å². The molecule has 1 amide bonds. The number of halogens is 1. The first kappa shape index (κ1) is 25.6. The van der Waals surface area contributed by atoms with Crippen molar-refractivity contribution in [2.24, 2.45) is 5.92 Å². The minimum absolute atomic E-state index is 0.0405. The number of sulfonamides is 1. The minimum atomic E-state index is -3.72. The van der Waals surface area contributed by atoms with Crippen LogP contribution in [0.5, 0.6) is 0 Å². The van der Waals surface area contributed by atoms with E-state index in [0.29, 0.717) is 42.7 Å². The molecular formula is C26H30ClN3O4S2. The Morgan fingerprint density at radius 1 is 1.19 bits per heavy atom. The number of amides is 1. The van der Waals surface area contributed by atoms with Gasteiger partial charge in [-0.2, -0.15) is 4.31 Å². The number of carbonyl (C=O) groups is 1. The van der Waals surface area contributed by atoms with Crippen molar-refractivity contribution in [1.82, 2.24) is 9.29 Å². The summed E-state index contributed by atoms with van der Waals surface area (Å²) >= 11 is 7.46. The topological polar surface area (TPSA) is 79.8 Å². The Kier molecular flexibility index (Phi) is 7.38.